The Morgan fingerprint density at radius 3 is 2.81 bits per heavy atom. The van der Waals surface area contributed by atoms with Gasteiger partial charge in [-0.15, -0.1) is 11.3 Å². The standard InChI is InChI=1S/C13H19NOS/c1-2-4-12-10(3-1)9-13(16-12)15-11-5-7-14-8-6-11/h9,11,14H,1-8H2. The van der Waals surface area contributed by atoms with Gasteiger partial charge in [0.1, 0.15) is 6.10 Å². The molecule has 0 amide bonds. The van der Waals surface area contributed by atoms with E-state index in [1.165, 1.54) is 30.7 Å². The highest BCUT2D eigenvalue weighted by molar-refractivity contribution is 7.14. The Morgan fingerprint density at radius 1 is 1.19 bits per heavy atom. The van der Waals surface area contributed by atoms with E-state index < -0.39 is 0 Å². The highest BCUT2D eigenvalue weighted by atomic mass is 32.1. The van der Waals surface area contributed by atoms with Gasteiger partial charge in [0.15, 0.2) is 5.06 Å². The number of hydrogen-bond acceptors (Lipinski definition) is 3. The summed E-state index contributed by atoms with van der Waals surface area (Å²) in [5.74, 6) is 0. The molecule has 1 saturated heterocycles. The second-order valence-corrected chi connectivity index (χ2v) is 5.89. The summed E-state index contributed by atoms with van der Waals surface area (Å²) in [4.78, 5) is 1.58. The average molecular weight is 237 g/mol. The van der Waals surface area contributed by atoms with Crippen molar-refractivity contribution in [3.05, 3.63) is 16.5 Å². The topological polar surface area (TPSA) is 21.3 Å². The number of ether oxygens (including phenoxy) is 1. The van der Waals surface area contributed by atoms with Crippen molar-refractivity contribution in [1.82, 2.24) is 5.32 Å². The van der Waals surface area contributed by atoms with E-state index in [1.807, 2.05) is 11.3 Å². The molecule has 3 rings (SSSR count). The molecule has 16 heavy (non-hydrogen) atoms. The van der Waals surface area contributed by atoms with Crippen molar-refractivity contribution in [2.75, 3.05) is 13.1 Å². The van der Waals surface area contributed by atoms with Crippen LogP contribution in [0.5, 0.6) is 5.06 Å². The van der Waals surface area contributed by atoms with Crippen LogP contribution in [0.1, 0.15) is 36.1 Å². The van der Waals surface area contributed by atoms with Crippen molar-refractivity contribution in [1.29, 1.82) is 0 Å². The van der Waals surface area contributed by atoms with Gasteiger partial charge in [0.25, 0.3) is 0 Å². The van der Waals surface area contributed by atoms with Gasteiger partial charge < -0.3 is 10.1 Å². The first kappa shape index (κ1) is 10.6. The molecular formula is C13H19NOS. The first-order valence-corrected chi connectivity index (χ1v) is 7.22. The van der Waals surface area contributed by atoms with Crippen LogP contribution in [-0.4, -0.2) is 19.2 Å². The summed E-state index contributed by atoms with van der Waals surface area (Å²) in [6, 6.07) is 2.29. The predicted molar refractivity (Wildman–Crippen MR) is 67.5 cm³/mol. The van der Waals surface area contributed by atoms with Crippen LogP contribution in [-0.2, 0) is 12.8 Å². The minimum absolute atomic E-state index is 0.446. The Kier molecular flexibility index (Phi) is 3.15. The lowest BCUT2D eigenvalue weighted by atomic mass is 10.00. The summed E-state index contributed by atoms with van der Waals surface area (Å²) in [6.45, 7) is 2.21. The fourth-order valence-corrected chi connectivity index (χ4v) is 3.77. The van der Waals surface area contributed by atoms with E-state index in [1.54, 1.807) is 10.4 Å². The molecule has 0 bridgehead atoms. The molecule has 1 aliphatic heterocycles. The number of aryl methyl sites for hydroxylation is 2. The molecule has 1 N–H and O–H groups in total. The van der Waals surface area contributed by atoms with Gasteiger partial charge in [-0.1, -0.05) is 0 Å². The maximum Gasteiger partial charge on any atom is 0.174 e. The van der Waals surface area contributed by atoms with Crippen LogP contribution >= 0.6 is 11.3 Å². The van der Waals surface area contributed by atoms with E-state index in [4.69, 9.17) is 4.74 Å². The molecule has 1 aromatic rings. The second-order valence-electron chi connectivity index (χ2n) is 4.79. The van der Waals surface area contributed by atoms with Gasteiger partial charge in [-0.05, 0) is 63.2 Å². The van der Waals surface area contributed by atoms with Crippen molar-refractivity contribution in [2.45, 2.75) is 44.6 Å². The summed E-state index contributed by atoms with van der Waals surface area (Å²) in [6.07, 6.45) is 8.01. The fourth-order valence-electron chi connectivity index (χ4n) is 2.60. The van der Waals surface area contributed by atoms with Gasteiger partial charge in [-0.3, -0.25) is 0 Å². The number of thiophene rings is 1. The molecule has 0 aromatic carbocycles. The minimum Gasteiger partial charge on any atom is -0.481 e. The molecule has 1 aromatic heterocycles. The van der Waals surface area contributed by atoms with Gasteiger partial charge >= 0.3 is 0 Å². The fraction of sp³-hybridized carbons (Fsp3) is 0.692. The highest BCUT2D eigenvalue weighted by Gasteiger charge is 2.18. The lowest BCUT2D eigenvalue weighted by molar-refractivity contribution is 0.167. The van der Waals surface area contributed by atoms with Gasteiger partial charge in [-0.25, -0.2) is 0 Å². The average Bonchev–Trinajstić information content (AvgIpc) is 2.72. The minimum atomic E-state index is 0.446. The lowest BCUT2D eigenvalue weighted by Crippen LogP contribution is -2.33. The van der Waals surface area contributed by atoms with Crippen LogP contribution < -0.4 is 10.1 Å². The van der Waals surface area contributed by atoms with E-state index in [2.05, 4.69) is 11.4 Å². The van der Waals surface area contributed by atoms with Crippen molar-refractivity contribution >= 4 is 11.3 Å². The summed E-state index contributed by atoms with van der Waals surface area (Å²) in [5, 5.41) is 4.54. The predicted octanol–water partition coefficient (Wildman–Crippen LogP) is 2.76. The molecule has 2 nitrogen and oxygen atoms in total. The molecule has 3 heteroatoms. The van der Waals surface area contributed by atoms with Crippen molar-refractivity contribution < 1.29 is 4.74 Å². The van der Waals surface area contributed by atoms with Gasteiger partial charge in [-0.2, -0.15) is 0 Å². The van der Waals surface area contributed by atoms with E-state index in [9.17, 15) is 0 Å². The Hall–Kier alpha value is -0.540. The molecule has 88 valence electrons. The molecule has 2 heterocycles. The Bertz CT molecular complexity index is 331. The van der Waals surface area contributed by atoms with E-state index >= 15 is 0 Å². The van der Waals surface area contributed by atoms with Gasteiger partial charge in [0.05, 0.1) is 0 Å². The molecule has 1 fully saturated rings. The summed E-state index contributed by atoms with van der Waals surface area (Å²) in [7, 11) is 0. The number of hydrogen-bond donors (Lipinski definition) is 1. The SMILES string of the molecule is c1c(OC2CCNCC2)sc2c1CCCC2. The highest BCUT2D eigenvalue weighted by Crippen LogP contribution is 2.35. The van der Waals surface area contributed by atoms with Crippen LogP contribution in [0.15, 0.2) is 6.07 Å². The molecule has 2 aliphatic rings. The van der Waals surface area contributed by atoms with E-state index in [0.717, 1.165) is 25.9 Å². The third-order valence-corrected chi connectivity index (χ3v) is 4.67. The van der Waals surface area contributed by atoms with Crippen LogP contribution in [0, 0.1) is 0 Å². The van der Waals surface area contributed by atoms with Crippen LogP contribution in [0.3, 0.4) is 0 Å². The van der Waals surface area contributed by atoms with Gasteiger partial charge in [0, 0.05) is 4.88 Å². The number of piperidine rings is 1. The van der Waals surface area contributed by atoms with Crippen LogP contribution in [0.4, 0.5) is 0 Å². The molecule has 1 aliphatic carbocycles. The molecule has 0 unspecified atom stereocenters. The molecule has 0 spiro atoms. The zero-order valence-corrected chi connectivity index (χ0v) is 10.4. The first-order valence-electron chi connectivity index (χ1n) is 6.41. The Morgan fingerprint density at radius 2 is 2.00 bits per heavy atom. The third-order valence-electron chi connectivity index (χ3n) is 3.54. The maximum atomic E-state index is 6.09. The Balaban J connectivity index is 1.67. The largest absolute Gasteiger partial charge is 0.481 e. The zero-order valence-electron chi connectivity index (χ0n) is 9.63. The number of rotatable bonds is 2. The quantitative estimate of drug-likeness (QED) is 0.854. The molecule has 0 atom stereocenters. The number of fused-ring (bicyclic) bond motifs is 1. The van der Waals surface area contributed by atoms with E-state index in [-0.39, 0.29) is 0 Å². The van der Waals surface area contributed by atoms with Crippen molar-refractivity contribution in [3.63, 3.8) is 0 Å². The lowest BCUT2D eigenvalue weighted by Gasteiger charge is -2.22. The summed E-state index contributed by atoms with van der Waals surface area (Å²) >= 11 is 1.89. The molecular weight excluding hydrogens is 218 g/mol. The molecule has 0 radical (unpaired) electrons. The van der Waals surface area contributed by atoms with Crippen molar-refractivity contribution in [2.24, 2.45) is 0 Å². The monoisotopic (exact) mass is 237 g/mol. The van der Waals surface area contributed by atoms with Crippen LogP contribution in [0.2, 0.25) is 0 Å². The first-order chi connectivity index (χ1) is 7.92. The molecule has 0 saturated carbocycles. The second kappa shape index (κ2) is 4.76. The van der Waals surface area contributed by atoms with E-state index in [0.29, 0.717) is 6.10 Å². The van der Waals surface area contributed by atoms with Crippen LogP contribution in [0.25, 0.3) is 0 Å². The maximum absolute atomic E-state index is 6.09. The summed E-state index contributed by atoms with van der Waals surface area (Å²) in [5.41, 5.74) is 1.56. The summed E-state index contributed by atoms with van der Waals surface area (Å²) < 4.78 is 6.09. The van der Waals surface area contributed by atoms with Crippen molar-refractivity contribution in [3.8, 4) is 5.06 Å². The Labute approximate surface area is 101 Å². The number of nitrogens with one attached hydrogen (secondary N) is 1. The smallest absolute Gasteiger partial charge is 0.174 e. The normalized spacial score (nSPS) is 21.8. The third kappa shape index (κ3) is 2.25. The zero-order chi connectivity index (χ0) is 10.8. The van der Waals surface area contributed by atoms with Gasteiger partial charge in [0.2, 0.25) is 0 Å².